The molecule has 1 atom stereocenters. The van der Waals surface area contributed by atoms with Crippen LogP contribution < -0.4 is 5.73 Å². The maximum absolute atomic E-state index is 13.7. The van der Waals surface area contributed by atoms with Gasteiger partial charge in [0, 0.05) is 6.20 Å². The molecule has 0 aliphatic rings. The number of pyridine rings is 1. The molecule has 3 heteroatoms. The Bertz CT molecular complexity index is 552. The molecular weight excluding hydrogens is 239 g/mol. The second kappa shape index (κ2) is 5.93. The van der Waals surface area contributed by atoms with E-state index in [0.29, 0.717) is 11.6 Å². The third-order valence-corrected chi connectivity index (χ3v) is 3.04. The third-order valence-electron chi connectivity index (χ3n) is 3.04. The summed E-state index contributed by atoms with van der Waals surface area (Å²) in [6, 6.07) is 10.4. The minimum atomic E-state index is -0.520. The molecule has 0 saturated carbocycles. The van der Waals surface area contributed by atoms with Crippen molar-refractivity contribution in [2.45, 2.75) is 26.3 Å². The fraction of sp³-hybridized carbons (Fsp3) is 0.312. The van der Waals surface area contributed by atoms with Crippen LogP contribution in [0.3, 0.4) is 0 Å². The van der Waals surface area contributed by atoms with Crippen LogP contribution in [0, 0.1) is 11.7 Å². The average Bonchev–Trinajstić information content (AvgIpc) is 2.38. The molecule has 0 radical (unpaired) electrons. The van der Waals surface area contributed by atoms with Crippen LogP contribution in [0.25, 0.3) is 0 Å². The van der Waals surface area contributed by atoms with Crippen LogP contribution >= 0.6 is 0 Å². The predicted molar refractivity (Wildman–Crippen MR) is 75.2 cm³/mol. The maximum Gasteiger partial charge on any atom is 0.146 e. The summed E-state index contributed by atoms with van der Waals surface area (Å²) < 4.78 is 13.7. The van der Waals surface area contributed by atoms with Crippen molar-refractivity contribution >= 4 is 0 Å². The second-order valence-corrected chi connectivity index (χ2v) is 5.19. The lowest BCUT2D eigenvalue weighted by Crippen LogP contribution is -2.15. The second-order valence-electron chi connectivity index (χ2n) is 5.19. The Hall–Kier alpha value is -1.74. The lowest BCUT2D eigenvalue weighted by Gasteiger charge is -2.14. The molecule has 1 heterocycles. The van der Waals surface area contributed by atoms with E-state index >= 15 is 0 Å². The molecular formula is C16H19FN2. The predicted octanol–water partition coefficient (Wildman–Crippen LogP) is 3.47. The van der Waals surface area contributed by atoms with Gasteiger partial charge in [-0.15, -0.1) is 0 Å². The molecule has 2 rings (SSSR count). The molecule has 0 spiro atoms. The number of rotatable bonds is 4. The van der Waals surface area contributed by atoms with Gasteiger partial charge < -0.3 is 5.73 Å². The van der Waals surface area contributed by atoms with Gasteiger partial charge in [0.2, 0.25) is 0 Å². The van der Waals surface area contributed by atoms with Gasteiger partial charge >= 0.3 is 0 Å². The number of hydrogen-bond donors (Lipinski definition) is 1. The van der Waals surface area contributed by atoms with Crippen molar-refractivity contribution < 1.29 is 4.39 Å². The van der Waals surface area contributed by atoms with Gasteiger partial charge in [-0.2, -0.15) is 0 Å². The highest BCUT2D eigenvalue weighted by Crippen LogP contribution is 2.21. The van der Waals surface area contributed by atoms with Crippen molar-refractivity contribution in [3.63, 3.8) is 0 Å². The van der Waals surface area contributed by atoms with Crippen molar-refractivity contribution in [2.75, 3.05) is 0 Å². The van der Waals surface area contributed by atoms with Crippen molar-refractivity contribution in [1.29, 1.82) is 0 Å². The summed E-state index contributed by atoms with van der Waals surface area (Å²) in [6.45, 7) is 4.34. The van der Waals surface area contributed by atoms with E-state index in [4.69, 9.17) is 5.73 Å². The minimum Gasteiger partial charge on any atom is -0.319 e. The largest absolute Gasteiger partial charge is 0.319 e. The Morgan fingerprint density at radius 1 is 1.21 bits per heavy atom. The molecule has 2 aromatic rings. The van der Waals surface area contributed by atoms with Crippen LogP contribution in [-0.4, -0.2) is 4.98 Å². The Morgan fingerprint density at radius 3 is 2.68 bits per heavy atom. The fourth-order valence-electron chi connectivity index (χ4n) is 2.17. The van der Waals surface area contributed by atoms with Crippen molar-refractivity contribution in [2.24, 2.45) is 11.7 Å². The lowest BCUT2D eigenvalue weighted by molar-refractivity contribution is 0.586. The zero-order chi connectivity index (χ0) is 13.8. The van der Waals surface area contributed by atoms with Crippen LogP contribution in [0.1, 0.15) is 36.7 Å². The molecule has 1 aromatic carbocycles. The average molecular weight is 258 g/mol. The highest BCUT2D eigenvalue weighted by molar-refractivity contribution is 5.31. The summed E-state index contributed by atoms with van der Waals surface area (Å²) in [5, 5.41) is 0. The number of benzene rings is 1. The fourth-order valence-corrected chi connectivity index (χ4v) is 2.17. The highest BCUT2D eigenvalue weighted by Gasteiger charge is 2.15. The van der Waals surface area contributed by atoms with E-state index in [9.17, 15) is 4.39 Å². The molecule has 1 unspecified atom stereocenters. The van der Waals surface area contributed by atoms with Crippen LogP contribution in [0.2, 0.25) is 0 Å². The van der Waals surface area contributed by atoms with Gasteiger partial charge in [-0.25, -0.2) is 4.39 Å². The number of nitrogens with two attached hydrogens (primary N) is 1. The van der Waals surface area contributed by atoms with E-state index < -0.39 is 6.04 Å². The molecule has 2 N–H and O–H groups in total. The highest BCUT2D eigenvalue weighted by atomic mass is 19.1. The smallest absolute Gasteiger partial charge is 0.146 e. The van der Waals surface area contributed by atoms with E-state index in [1.165, 1.54) is 11.6 Å². The summed E-state index contributed by atoms with van der Waals surface area (Å²) in [7, 11) is 0. The Kier molecular flexibility index (Phi) is 4.27. The minimum absolute atomic E-state index is 0.296. The third kappa shape index (κ3) is 3.38. The van der Waals surface area contributed by atoms with Crippen LogP contribution in [0.15, 0.2) is 42.6 Å². The van der Waals surface area contributed by atoms with Crippen molar-refractivity contribution in [3.05, 3.63) is 65.2 Å². The summed E-state index contributed by atoms with van der Waals surface area (Å²) in [5.74, 6) is 0.224. The first-order valence-electron chi connectivity index (χ1n) is 6.52. The topological polar surface area (TPSA) is 38.9 Å². The molecule has 0 fully saturated rings. The quantitative estimate of drug-likeness (QED) is 0.912. The van der Waals surface area contributed by atoms with Gasteiger partial charge in [-0.3, -0.25) is 4.98 Å². The Balaban J connectivity index is 2.29. The Labute approximate surface area is 113 Å². The number of nitrogens with zero attached hydrogens (tertiary/aromatic N) is 1. The molecule has 1 aromatic heterocycles. The standard InChI is InChI=1S/C16H19FN2/c1-11(2)9-12-5-3-6-13(10-12)15(18)16-14(17)7-4-8-19-16/h3-8,10-11,15H,9,18H2,1-2H3. The first kappa shape index (κ1) is 13.7. The number of halogens is 1. The van der Waals surface area contributed by atoms with Gasteiger partial charge in [-0.1, -0.05) is 38.1 Å². The Morgan fingerprint density at radius 2 is 2.00 bits per heavy atom. The molecule has 100 valence electrons. The molecule has 0 aliphatic heterocycles. The molecule has 0 saturated heterocycles. The first-order chi connectivity index (χ1) is 9.08. The van der Waals surface area contributed by atoms with Crippen molar-refractivity contribution in [1.82, 2.24) is 4.98 Å². The van der Waals surface area contributed by atoms with Crippen molar-refractivity contribution in [3.8, 4) is 0 Å². The van der Waals surface area contributed by atoms with Crippen LogP contribution in [0.5, 0.6) is 0 Å². The summed E-state index contributed by atoms with van der Waals surface area (Å²) in [6.07, 6.45) is 2.56. The lowest BCUT2D eigenvalue weighted by atomic mass is 9.97. The monoisotopic (exact) mass is 258 g/mol. The van der Waals surface area contributed by atoms with Gasteiger partial charge in [0.15, 0.2) is 0 Å². The van der Waals surface area contributed by atoms with Gasteiger partial charge in [0.05, 0.1) is 11.7 Å². The summed E-state index contributed by atoms with van der Waals surface area (Å²) in [4.78, 5) is 4.05. The van der Waals surface area contributed by atoms with Gasteiger partial charge in [0.1, 0.15) is 5.82 Å². The van der Waals surface area contributed by atoms with Gasteiger partial charge in [0.25, 0.3) is 0 Å². The van der Waals surface area contributed by atoms with Gasteiger partial charge in [-0.05, 0) is 35.6 Å². The normalized spacial score (nSPS) is 12.7. The zero-order valence-corrected chi connectivity index (χ0v) is 11.3. The molecule has 0 aliphatic carbocycles. The maximum atomic E-state index is 13.7. The zero-order valence-electron chi connectivity index (χ0n) is 11.3. The molecule has 0 amide bonds. The first-order valence-corrected chi connectivity index (χ1v) is 6.52. The van der Waals surface area contributed by atoms with E-state index in [0.717, 1.165) is 12.0 Å². The molecule has 19 heavy (non-hydrogen) atoms. The van der Waals surface area contributed by atoms with Crippen LogP contribution in [0.4, 0.5) is 4.39 Å². The SMILES string of the molecule is CC(C)Cc1cccc(C(N)c2ncccc2F)c1. The van der Waals surface area contributed by atoms with E-state index in [2.05, 4.69) is 24.9 Å². The summed E-state index contributed by atoms with van der Waals surface area (Å²) in [5.41, 5.74) is 8.53. The molecule has 2 nitrogen and oxygen atoms in total. The van der Waals surface area contributed by atoms with E-state index in [1.54, 1.807) is 12.3 Å². The van der Waals surface area contributed by atoms with E-state index in [1.807, 2.05) is 18.2 Å². The van der Waals surface area contributed by atoms with Crippen LogP contribution in [-0.2, 0) is 6.42 Å². The number of aromatic nitrogens is 1. The summed E-state index contributed by atoms with van der Waals surface area (Å²) >= 11 is 0. The van der Waals surface area contributed by atoms with E-state index in [-0.39, 0.29) is 5.82 Å². The number of hydrogen-bond acceptors (Lipinski definition) is 2. The molecule has 0 bridgehead atoms.